The van der Waals surface area contributed by atoms with Crippen LogP contribution in [0, 0.1) is 0 Å². The van der Waals surface area contributed by atoms with Crippen molar-refractivity contribution in [3.8, 4) is 0 Å². The van der Waals surface area contributed by atoms with Gasteiger partial charge in [-0.2, -0.15) is 0 Å². The summed E-state index contributed by atoms with van der Waals surface area (Å²) in [6, 6.07) is -0.757. The van der Waals surface area contributed by atoms with Gasteiger partial charge in [-0.05, 0) is 12.8 Å². The molecule has 0 aromatic carbocycles. The number of hydrogen-bond donors (Lipinski definition) is 3. The van der Waals surface area contributed by atoms with E-state index in [9.17, 15) is 19.4 Å². The predicted molar refractivity (Wildman–Crippen MR) is 379 cm³/mol. The van der Waals surface area contributed by atoms with Crippen LogP contribution in [0.4, 0.5) is 0 Å². The molecule has 0 saturated heterocycles. The van der Waals surface area contributed by atoms with Gasteiger partial charge in [-0.3, -0.25) is 13.8 Å². The summed E-state index contributed by atoms with van der Waals surface area (Å²) in [5.74, 6) is -0.132. The van der Waals surface area contributed by atoms with E-state index in [2.05, 4.69) is 19.2 Å². The van der Waals surface area contributed by atoms with Crippen LogP contribution in [0.3, 0.4) is 0 Å². The van der Waals surface area contributed by atoms with Gasteiger partial charge in [-0.15, -0.1) is 0 Å². The van der Waals surface area contributed by atoms with Crippen molar-refractivity contribution in [2.45, 2.75) is 450 Å². The molecule has 0 saturated carbocycles. The summed E-state index contributed by atoms with van der Waals surface area (Å²) in [6.07, 6.45) is 88.3. The fraction of sp³-hybridized carbons (Fsp3) is 0.987. The third-order valence-electron chi connectivity index (χ3n) is 18.9. The number of phosphoric ester groups is 1. The number of amides is 1. The van der Waals surface area contributed by atoms with E-state index >= 15 is 0 Å². The Kier molecular flexibility index (Phi) is 68.5. The molecule has 0 aromatic rings. The first-order chi connectivity index (χ1) is 42.0. The SMILES string of the molecule is CCCCCCCCCCCCCCCCCCCCCCCCCCCCCCCCCCCCCCCCCCCC(=O)NC(COP(=O)(O)OCC[N+](C)(C)C)C(O)CCCCCCCCCCCCCCCCCCCCCCCCC. The average molecular weight is 1240 g/mol. The Morgan fingerprint density at radius 1 is 0.349 bits per heavy atom. The van der Waals surface area contributed by atoms with E-state index in [1.165, 1.54) is 372 Å². The zero-order valence-electron chi connectivity index (χ0n) is 59.4. The van der Waals surface area contributed by atoms with Gasteiger partial charge in [0, 0.05) is 6.42 Å². The van der Waals surface area contributed by atoms with Gasteiger partial charge < -0.3 is 19.8 Å². The molecule has 1 amide bonds. The number of aliphatic hydroxyl groups excluding tert-OH is 1. The standard InChI is InChI=1S/C77H157N2O6P/c1-6-8-10-12-14-16-18-20-22-24-26-28-30-31-32-33-34-35-36-37-38-39-40-41-42-43-44-45-46-47-49-51-53-55-57-59-61-63-65-67-69-71-77(81)78-75(74-85-86(82,83)84-73-72-79(3,4)5)76(80)70-68-66-64-62-60-58-56-54-52-50-48-29-27-25-23-21-19-17-15-13-11-9-7-2/h75-76,80H,6-74H2,1-5H3,(H-,78,81,82,83)/p+1. The Labute approximate surface area is 540 Å². The van der Waals surface area contributed by atoms with Crippen molar-refractivity contribution in [2.75, 3.05) is 40.9 Å². The van der Waals surface area contributed by atoms with Crippen molar-refractivity contribution < 1.29 is 32.9 Å². The number of carbonyl (C=O) groups is 1. The maximum absolute atomic E-state index is 13.1. The van der Waals surface area contributed by atoms with Gasteiger partial charge in [0.1, 0.15) is 13.2 Å². The van der Waals surface area contributed by atoms with Crippen LogP contribution in [0.2, 0.25) is 0 Å². The Morgan fingerprint density at radius 2 is 0.558 bits per heavy atom. The fourth-order valence-electron chi connectivity index (χ4n) is 12.8. The summed E-state index contributed by atoms with van der Waals surface area (Å²) in [5.41, 5.74) is 0. The van der Waals surface area contributed by atoms with E-state index in [4.69, 9.17) is 9.05 Å². The molecule has 0 aliphatic rings. The molecule has 0 aromatic heterocycles. The lowest BCUT2D eigenvalue weighted by atomic mass is 10.0. The number of likely N-dealkylation sites (N-methyl/N-ethyl adjacent to an activating group) is 1. The quantitative estimate of drug-likeness (QED) is 0.0318. The van der Waals surface area contributed by atoms with E-state index < -0.39 is 20.0 Å². The van der Waals surface area contributed by atoms with E-state index in [0.29, 0.717) is 23.9 Å². The molecule has 0 fully saturated rings. The molecular formula is C77H158N2O6P+. The lowest BCUT2D eigenvalue weighted by Gasteiger charge is -2.26. The molecule has 0 heterocycles. The number of hydrogen-bond acceptors (Lipinski definition) is 5. The molecule has 3 N–H and O–H groups in total. The lowest BCUT2D eigenvalue weighted by Crippen LogP contribution is -2.46. The Bertz CT molecular complexity index is 1360. The van der Waals surface area contributed by atoms with Crippen molar-refractivity contribution in [1.82, 2.24) is 5.32 Å². The van der Waals surface area contributed by atoms with E-state index in [-0.39, 0.29) is 19.1 Å². The van der Waals surface area contributed by atoms with Gasteiger partial charge in [0.15, 0.2) is 0 Å². The highest BCUT2D eigenvalue weighted by Gasteiger charge is 2.28. The van der Waals surface area contributed by atoms with E-state index in [1.54, 1.807) is 0 Å². The summed E-state index contributed by atoms with van der Waals surface area (Å²) < 4.78 is 23.9. The summed E-state index contributed by atoms with van der Waals surface area (Å²) in [5, 5.41) is 14.2. The van der Waals surface area contributed by atoms with Crippen LogP contribution in [0.5, 0.6) is 0 Å². The minimum absolute atomic E-state index is 0.0795. The molecule has 0 aliphatic heterocycles. The molecule has 9 heteroatoms. The number of quaternary nitrogens is 1. The number of rotatable bonds is 75. The van der Waals surface area contributed by atoms with Gasteiger partial charge in [0.05, 0.1) is 39.9 Å². The third kappa shape index (κ3) is 70.9. The first-order valence-electron chi connectivity index (χ1n) is 39.4. The molecule has 0 aliphatic carbocycles. The summed E-state index contributed by atoms with van der Waals surface area (Å²) >= 11 is 0. The van der Waals surface area contributed by atoms with Crippen LogP contribution >= 0.6 is 7.82 Å². The molecule has 0 radical (unpaired) electrons. The smallest absolute Gasteiger partial charge is 0.391 e. The molecule has 8 nitrogen and oxygen atoms in total. The number of aliphatic hydroxyl groups is 1. The summed E-state index contributed by atoms with van der Waals surface area (Å²) in [6.45, 7) is 4.97. The predicted octanol–water partition coefficient (Wildman–Crippen LogP) is 25.5. The van der Waals surface area contributed by atoms with Crippen molar-refractivity contribution in [3.05, 3.63) is 0 Å². The molecule has 3 unspecified atom stereocenters. The monoisotopic (exact) mass is 1240 g/mol. The zero-order chi connectivity index (χ0) is 62.6. The van der Waals surface area contributed by atoms with E-state index in [1.807, 2.05) is 21.1 Å². The van der Waals surface area contributed by atoms with Crippen LogP contribution in [-0.2, 0) is 18.4 Å². The first-order valence-corrected chi connectivity index (χ1v) is 40.9. The van der Waals surface area contributed by atoms with Crippen molar-refractivity contribution in [2.24, 2.45) is 0 Å². The molecule has 0 bridgehead atoms. The maximum atomic E-state index is 13.1. The van der Waals surface area contributed by atoms with Gasteiger partial charge in [-0.25, -0.2) is 4.57 Å². The lowest BCUT2D eigenvalue weighted by molar-refractivity contribution is -0.870. The Morgan fingerprint density at radius 3 is 0.779 bits per heavy atom. The molecule has 0 spiro atoms. The zero-order valence-corrected chi connectivity index (χ0v) is 60.3. The maximum Gasteiger partial charge on any atom is 0.472 e. The Balaban J connectivity index is 3.83. The fourth-order valence-corrected chi connectivity index (χ4v) is 13.5. The second kappa shape index (κ2) is 68.9. The highest BCUT2D eigenvalue weighted by Crippen LogP contribution is 2.43. The number of nitrogens with one attached hydrogen (secondary N) is 1. The minimum Gasteiger partial charge on any atom is -0.391 e. The number of nitrogens with zero attached hydrogens (tertiary/aromatic N) is 1. The molecule has 516 valence electrons. The normalized spacial score (nSPS) is 13.4. The van der Waals surface area contributed by atoms with Crippen LogP contribution in [0.15, 0.2) is 0 Å². The van der Waals surface area contributed by atoms with Gasteiger partial charge in [0.25, 0.3) is 0 Å². The Hall–Kier alpha value is -0.500. The van der Waals surface area contributed by atoms with E-state index in [0.717, 1.165) is 38.5 Å². The minimum atomic E-state index is -4.33. The van der Waals surface area contributed by atoms with Crippen molar-refractivity contribution in [1.29, 1.82) is 0 Å². The molecule has 86 heavy (non-hydrogen) atoms. The van der Waals surface area contributed by atoms with Crippen LogP contribution < -0.4 is 5.32 Å². The third-order valence-corrected chi connectivity index (χ3v) is 19.8. The summed E-state index contributed by atoms with van der Waals surface area (Å²) in [7, 11) is 1.64. The van der Waals surface area contributed by atoms with Gasteiger partial charge in [0.2, 0.25) is 5.91 Å². The number of phosphoric acid groups is 1. The van der Waals surface area contributed by atoms with Crippen LogP contribution in [0.25, 0.3) is 0 Å². The van der Waals surface area contributed by atoms with Crippen LogP contribution in [-0.4, -0.2) is 73.4 Å². The second-order valence-corrected chi connectivity index (χ2v) is 30.3. The number of unbranched alkanes of at least 4 members (excludes halogenated alkanes) is 62. The first kappa shape index (κ1) is 85.5. The topological polar surface area (TPSA) is 105 Å². The largest absolute Gasteiger partial charge is 0.472 e. The van der Waals surface area contributed by atoms with Crippen LogP contribution in [0.1, 0.15) is 438 Å². The summed E-state index contributed by atoms with van der Waals surface area (Å²) in [4.78, 5) is 23.5. The molecule has 0 rings (SSSR count). The van der Waals surface area contributed by atoms with Gasteiger partial charge >= 0.3 is 7.82 Å². The molecular weight excluding hydrogens is 1080 g/mol. The highest BCUT2D eigenvalue weighted by molar-refractivity contribution is 7.47. The molecule has 3 atom stereocenters. The highest BCUT2D eigenvalue weighted by atomic mass is 31.2. The van der Waals surface area contributed by atoms with Crippen molar-refractivity contribution >= 4 is 13.7 Å². The second-order valence-electron chi connectivity index (χ2n) is 28.8. The number of carbonyl (C=O) groups excluding carboxylic acids is 1. The van der Waals surface area contributed by atoms with Crippen molar-refractivity contribution in [3.63, 3.8) is 0 Å². The van der Waals surface area contributed by atoms with Gasteiger partial charge in [-0.1, -0.05) is 418 Å². The average Bonchev–Trinajstić information content (AvgIpc) is 3.70.